The van der Waals surface area contributed by atoms with Crippen LogP contribution in [0.4, 0.5) is 0 Å². The molecule has 1 heterocycles. The van der Waals surface area contributed by atoms with Crippen molar-refractivity contribution in [3.63, 3.8) is 0 Å². The summed E-state index contributed by atoms with van der Waals surface area (Å²) >= 11 is 0. The number of rotatable bonds is 11. The fourth-order valence-corrected chi connectivity index (χ4v) is 5.31. The first-order valence-corrected chi connectivity index (χ1v) is 13.0. The van der Waals surface area contributed by atoms with Crippen LogP contribution < -0.4 is 0 Å². The molecule has 0 amide bonds. The van der Waals surface area contributed by atoms with Gasteiger partial charge < -0.3 is 0 Å². The van der Waals surface area contributed by atoms with Crippen molar-refractivity contribution in [3.8, 4) is 11.1 Å². The van der Waals surface area contributed by atoms with E-state index in [0.29, 0.717) is 5.92 Å². The number of benzene rings is 1. The molecule has 3 rings (SSSR count). The van der Waals surface area contributed by atoms with Crippen LogP contribution in [0.5, 0.6) is 0 Å². The Morgan fingerprint density at radius 1 is 0.871 bits per heavy atom. The van der Waals surface area contributed by atoms with E-state index in [-0.39, 0.29) is 0 Å². The number of aryl methyl sites for hydroxylation is 2. The largest absolute Gasteiger partial charge is 0.240 e. The van der Waals surface area contributed by atoms with E-state index < -0.39 is 0 Å². The second kappa shape index (κ2) is 12.4. The van der Waals surface area contributed by atoms with Gasteiger partial charge in [-0.1, -0.05) is 90.3 Å². The highest BCUT2D eigenvalue weighted by Crippen LogP contribution is 2.38. The minimum Gasteiger partial charge on any atom is -0.240 e. The van der Waals surface area contributed by atoms with Crippen LogP contribution in [0.25, 0.3) is 11.1 Å². The van der Waals surface area contributed by atoms with E-state index >= 15 is 0 Å². The third-order valence-electron chi connectivity index (χ3n) is 7.62. The molecule has 0 saturated heterocycles. The van der Waals surface area contributed by atoms with Gasteiger partial charge in [0.25, 0.3) is 0 Å². The lowest BCUT2D eigenvalue weighted by Crippen LogP contribution is -2.20. The van der Waals surface area contributed by atoms with Crippen molar-refractivity contribution in [1.29, 1.82) is 0 Å². The Balaban J connectivity index is 1.56. The molecule has 1 aromatic heterocycles. The van der Waals surface area contributed by atoms with E-state index in [1.165, 1.54) is 93.7 Å². The van der Waals surface area contributed by atoms with Gasteiger partial charge in [-0.3, -0.25) is 0 Å². The van der Waals surface area contributed by atoms with E-state index in [2.05, 4.69) is 45.9 Å². The predicted molar refractivity (Wildman–Crippen MR) is 133 cm³/mol. The molecule has 170 valence electrons. The fourth-order valence-electron chi connectivity index (χ4n) is 5.31. The third kappa shape index (κ3) is 6.89. The molecular formula is C29H44N2. The maximum absolute atomic E-state index is 4.81. The van der Waals surface area contributed by atoms with Crippen molar-refractivity contribution in [3.05, 3.63) is 47.5 Å². The maximum Gasteiger partial charge on any atom is 0.131 e. The van der Waals surface area contributed by atoms with Gasteiger partial charge in [0.2, 0.25) is 0 Å². The van der Waals surface area contributed by atoms with Crippen LogP contribution in [0.3, 0.4) is 0 Å². The lowest BCUT2D eigenvalue weighted by Gasteiger charge is -2.31. The lowest BCUT2D eigenvalue weighted by molar-refractivity contribution is 0.232. The topological polar surface area (TPSA) is 25.8 Å². The van der Waals surface area contributed by atoms with Crippen LogP contribution in [0.2, 0.25) is 0 Å². The highest BCUT2D eigenvalue weighted by molar-refractivity contribution is 5.63. The molecule has 2 heteroatoms. The molecular weight excluding hydrogens is 376 g/mol. The van der Waals surface area contributed by atoms with E-state index in [4.69, 9.17) is 9.97 Å². The molecule has 0 aliphatic heterocycles. The van der Waals surface area contributed by atoms with E-state index in [9.17, 15) is 0 Å². The van der Waals surface area contributed by atoms with E-state index in [0.717, 1.165) is 23.2 Å². The van der Waals surface area contributed by atoms with Gasteiger partial charge in [-0.05, 0) is 61.1 Å². The Morgan fingerprint density at radius 3 is 2.19 bits per heavy atom. The summed E-state index contributed by atoms with van der Waals surface area (Å²) in [7, 11) is 0. The molecule has 1 aromatic carbocycles. The SMILES string of the molecule is CCCCCc1ccc(-c2cnc(C(C)C3CCC(CCCCC)CC3)nc2)cc1C. The van der Waals surface area contributed by atoms with Gasteiger partial charge in [0.05, 0.1) is 0 Å². The van der Waals surface area contributed by atoms with Gasteiger partial charge >= 0.3 is 0 Å². The number of hydrogen-bond donors (Lipinski definition) is 0. The van der Waals surface area contributed by atoms with Crippen LogP contribution in [-0.4, -0.2) is 9.97 Å². The van der Waals surface area contributed by atoms with Crippen LogP contribution in [0.15, 0.2) is 30.6 Å². The molecule has 0 bridgehead atoms. The van der Waals surface area contributed by atoms with Crippen LogP contribution in [-0.2, 0) is 6.42 Å². The summed E-state index contributed by atoms with van der Waals surface area (Å²) in [6.45, 7) is 9.14. The number of aromatic nitrogens is 2. The van der Waals surface area contributed by atoms with Crippen molar-refractivity contribution in [2.24, 2.45) is 11.8 Å². The molecule has 0 radical (unpaired) electrons. The fraction of sp³-hybridized carbons (Fsp3) is 0.655. The number of unbranched alkanes of at least 4 members (excludes halogenated alkanes) is 4. The summed E-state index contributed by atoms with van der Waals surface area (Å²) in [6, 6.07) is 6.86. The van der Waals surface area contributed by atoms with Gasteiger partial charge in [-0.2, -0.15) is 0 Å². The van der Waals surface area contributed by atoms with E-state index in [1.807, 2.05) is 12.4 Å². The minimum atomic E-state index is 0.466. The van der Waals surface area contributed by atoms with Gasteiger partial charge in [-0.25, -0.2) is 9.97 Å². The summed E-state index contributed by atoms with van der Waals surface area (Å²) < 4.78 is 0. The lowest BCUT2D eigenvalue weighted by atomic mass is 9.74. The first-order valence-electron chi connectivity index (χ1n) is 13.0. The molecule has 1 fully saturated rings. The zero-order chi connectivity index (χ0) is 22.1. The summed E-state index contributed by atoms with van der Waals surface area (Å²) in [5.74, 6) is 3.21. The molecule has 1 aliphatic rings. The van der Waals surface area contributed by atoms with Crippen LogP contribution in [0.1, 0.15) is 114 Å². The molecule has 1 atom stereocenters. The van der Waals surface area contributed by atoms with Crippen molar-refractivity contribution >= 4 is 0 Å². The molecule has 2 aromatic rings. The third-order valence-corrected chi connectivity index (χ3v) is 7.62. The summed E-state index contributed by atoms with van der Waals surface area (Å²) in [5, 5.41) is 0. The minimum absolute atomic E-state index is 0.466. The zero-order valence-corrected chi connectivity index (χ0v) is 20.5. The van der Waals surface area contributed by atoms with Gasteiger partial charge in [-0.15, -0.1) is 0 Å². The normalized spacial score (nSPS) is 20.0. The monoisotopic (exact) mass is 420 g/mol. The summed E-state index contributed by atoms with van der Waals surface area (Å²) in [5.41, 5.74) is 5.25. The Labute approximate surface area is 191 Å². The Bertz CT molecular complexity index is 772. The maximum atomic E-state index is 4.81. The van der Waals surface area contributed by atoms with Gasteiger partial charge in [0.1, 0.15) is 5.82 Å². The molecule has 0 N–H and O–H groups in total. The first kappa shape index (κ1) is 24.0. The highest BCUT2D eigenvalue weighted by atomic mass is 14.9. The Morgan fingerprint density at radius 2 is 1.55 bits per heavy atom. The van der Waals surface area contributed by atoms with Crippen LogP contribution >= 0.6 is 0 Å². The van der Waals surface area contributed by atoms with Gasteiger partial charge in [0, 0.05) is 23.9 Å². The number of nitrogens with zero attached hydrogens (tertiary/aromatic N) is 2. The molecule has 31 heavy (non-hydrogen) atoms. The summed E-state index contributed by atoms with van der Waals surface area (Å²) in [6.07, 6.45) is 20.3. The van der Waals surface area contributed by atoms with Crippen molar-refractivity contribution in [2.75, 3.05) is 0 Å². The molecule has 2 nitrogen and oxygen atoms in total. The summed E-state index contributed by atoms with van der Waals surface area (Å²) in [4.78, 5) is 9.62. The van der Waals surface area contributed by atoms with Crippen molar-refractivity contribution in [2.45, 2.75) is 111 Å². The average molecular weight is 421 g/mol. The van der Waals surface area contributed by atoms with Crippen LogP contribution in [0, 0.1) is 18.8 Å². The molecule has 1 saturated carbocycles. The van der Waals surface area contributed by atoms with E-state index in [1.54, 1.807) is 0 Å². The molecule has 1 aliphatic carbocycles. The first-order chi connectivity index (χ1) is 15.1. The second-order valence-corrected chi connectivity index (χ2v) is 9.99. The Kier molecular flexibility index (Phi) is 9.55. The second-order valence-electron chi connectivity index (χ2n) is 9.99. The number of hydrogen-bond acceptors (Lipinski definition) is 2. The van der Waals surface area contributed by atoms with Gasteiger partial charge in [0.15, 0.2) is 0 Å². The standard InChI is InChI=1S/C29H44N2/c1-5-7-9-11-24-13-15-26(16-14-24)23(4)29-30-20-28(21-31-29)27-18-17-25(22(3)19-27)12-10-8-6-2/h17-21,23-24,26H,5-16H2,1-4H3. The van der Waals surface area contributed by atoms with Crippen molar-refractivity contribution < 1.29 is 0 Å². The molecule has 0 spiro atoms. The predicted octanol–water partition coefficient (Wildman–Crippen LogP) is 8.67. The smallest absolute Gasteiger partial charge is 0.131 e. The quantitative estimate of drug-likeness (QED) is 0.340. The average Bonchev–Trinajstić information content (AvgIpc) is 2.80. The highest BCUT2D eigenvalue weighted by Gasteiger charge is 2.27. The molecule has 1 unspecified atom stereocenters. The van der Waals surface area contributed by atoms with Crippen molar-refractivity contribution in [1.82, 2.24) is 9.97 Å². The zero-order valence-electron chi connectivity index (χ0n) is 20.5. The Hall–Kier alpha value is -1.70.